The SMILES string of the molecule is CCc1nnc(C)cc1C(=O)N1CCC(C)C(Br)C1. The summed E-state index contributed by atoms with van der Waals surface area (Å²) in [5.74, 6) is 0.707. The van der Waals surface area contributed by atoms with Gasteiger partial charge in [-0.15, -0.1) is 0 Å². The highest BCUT2D eigenvalue weighted by molar-refractivity contribution is 9.09. The van der Waals surface area contributed by atoms with Gasteiger partial charge in [0.25, 0.3) is 5.91 Å². The van der Waals surface area contributed by atoms with Crippen molar-refractivity contribution in [2.45, 2.75) is 38.4 Å². The molecule has 19 heavy (non-hydrogen) atoms. The van der Waals surface area contributed by atoms with Gasteiger partial charge in [0.1, 0.15) is 0 Å². The minimum atomic E-state index is 0.0891. The van der Waals surface area contributed by atoms with Crippen molar-refractivity contribution in [3.8, 4) is 0 Å². The van der Waals surface area contributed by atoms with E-state index >= 15 is 0 Å². The van der Waals surface area contributed by atoms with Crippen LogP contribution in [0.15, 0.2) is 6.07 Å². The molecule has 0 aromatic carbocycles. The molecule has 5 heteroatoms. The van der Waals surface area contributed by atoms with Crippen LogP contribution < -0.4 is 0 Å². The molecular weight excluding hydrogens is 306 g/mol. The van der Waals surface area contributed by atoms with Crippen LogP contribution in [0.3, 0.4) is 0 Å². The van der Waals surface area contributed by atoms with Gasteiger partial charge in [-0.1, -0.05) is 29.8 Å². The molecule has 1 fully saturated rings. The van der Waals surface area contributed by atoms with Gasteiger partial charge in [-0.2, -0.15) is 10.2 Å². The third-order valence-electron chi connectivity index (χ3n) is 3.71. The van der Waals surface area contributed by atoms with Crippen molar-refractivity contribution in [3.63, 3.8) is 0 Å². The number of likely N-dealkylation sites (tertiary alicyclic amines) is 1. The summed E-state index contributed by atoms with van der Waals surface area (Å²) in [6.07, 6.45) is 1.77. The van der Waals surface area contributed by atoms with Crippen molar-refractivity contribution in [2.24, 2.45) is 5.92 Å². The van der Waals surface area contributed by atoms with E-state index in [4.69, 9.17) is 0 Å². The molecule has 2 heterocycles. The summed E-state index contributed by atoms with van der Waals surface area (Å²) in [5.41, 5.74) is 2.30. The van der Waals surface area contributed by atoms with E-state index in [1.165, 1.54) is 0 Å². The fraction of sp³-hybridized carbons (Fsp3) is 0.643. The number of nitrogens with zero attached hydrogens (tertiary/aromatic N) is 3. The summed E-state index contributed by atoms with van der Waals surface area (Å²) in [5, 5.41) is 8.17. The van der Waals surface area contributed by atoms with Crippen LogP contribution >= 0.6 is 15.9 Å². The molecule has 1 amide bonds. The van der Waals surface area contributed by atoms with Crippen LogP contribution in [0.4, 0.5) is 0 Å². The van der Waals surface area contributed by atoms with Crippen molar-refractivity contribution >= 4 is 21.8 Å². The zero-order chi connectivity index (χ0) is 14.0. The lowest BCUT2D eigenvalue weighted by Crippen LogP contribution is -2.44. The Labute approximate surface area is 122 Å². The Morgan fingerprint density at radius 1 is 1.53 bits per heavy atom. The number of alkyl halides is 1. The highest BCUT2D eigenvalue weighted by Crippen LogP contribution is 2.25. The van der Waals surface area contributed by atoms with E-state index in [1.807, 2.05) is 24.8 Å². The number of hydrogen-bond acceptors (Lipinski definition) is 3. The first-order valence-electron chi connectivity index (χ1n) is 6.79. The van der Waals surface area contributed by atoms with Crippen LogP contribution in [0, 0.1) is 12.8 Å². The number of halogens is 1. The fourth-order valence-corrected chi connectivity index (χ4v) is 2.95. The average Bonchev–Trinajstić information content (AvgIpc) is 2.41. The number of aromatic nitrogens is 2. The van der Waals surface area contributed by atoms with E-state index in [9.17, 15) is 4.79 Å². The maximum atomic E-state index is 12.6. The van der Waals surface area contributed by atoms with Gasteiger partial charge in [0, 0.05) is 17.9 Å². The van der Waals surface area contributed by atoms with Crippen LogP contribution in [0.1, 0.15) is 42.0 Å². The van der Waals surface area contributed by atoms with E-state index in [0.717, 1.165) is 37.3 Å². The number of carbonyl (C=O) groups excluding carboxylic acids is 1. The standard InChI is InChI=1S/C14H20BrN3O/c1-4-13-11(7-10(3)16-17-13)14(19)18-6-5-9(2)12(15)8-18/h7,9,12H,4-6,8H2,1-3H3. The van der Waals surface area contributed by atoms with Gasteiger partial charge in [-0.05, 0) is 31.7 Å². The van der Waals surface area contributed by atoms with Crippen LogP contribution in [-0.2, 0) is 6.42 Å². The number of hydrogen-bond donors (Lipinski definition) is 0. The molecule has 1 aliphatic heterocycles. The Morgan fingerprint density at radius 2 is 2.26 bits per heavy atom. The molecule has 104 valence electrons. The van der Waals surface area contributed by atoms with Gasteiger partial charge in [0.15, 0.2) is 0 Å². The highest BCUT2D eigenvalue weighted by Gasteiger charge is 2.28. The predicted molar refractivity (Wildman–Crippen MR) is 78.5 cm³/mol. The van der Waals surface area contributed by atoms with E-state index in [-0.39, 0.29) is 5.91 Å². The summed E-state index contributed by atoms with van der Waals surface area (Å²) in [4.78, 5) is 14.9. The van der Waals surface area contributed by atoms with Crippen LogP contribution in [0.25, 0.3) is 0 Å². The lowest BCUT2D eigenvalue weighted by Gasteiger charge is -2.34. The molecule has 0 saturated carbocycles. The van der Waals surface area contributed by atoms with Gasteiger partial charge in [0.2, 0.25) is 0 Å². The lowest BCUT2D eigenvalue weighted by atomic mass is 9.98. The molecule has 0 N–H and O–H groups in total. The molecule has 1 saturated heterocycles. The fourth-order valence-electron chi connectivity index (χ4n) is 2.34. The van der Waals surface area contributed by atoms with Gasteiger partial charge < -0.3 is 4.90 Å². The molecular formula is C14H20BrN3O. The van der Waals surface area contributed by atoms with E-state index < -0.39 is 0 Å². The molecule has 1 aromatic heterocycles. The van der Waals surface area contributed by atoms with E-state index in [1.54, 1.807) is 0 Å². The third kappa shape index (κ3) is 3.14. The van der Waals surface area contributed by atoms with E-state index in [0.29, 0.717) is 16.3 Å². The molecule has 0 bridgehead atoms. The van der Waals surface area contributed by atoms with Gasteiger partial charge in [0.05, 0.1) is 17.0 Å². The number of piperidine rings is 1. The van der Waals surface area contributed by atoms with Crippen molar-refractivity contribution in [3.05, 3.63) is 23.0 Å². The van der Waals surface area contributed by atoms with Gasteiger partial charge in [-0.3, -0.25) is 4.79 Å². The van der Waals surface area contributed by atoms with Gasteiger partial charge >= 0.3 is 0 Å². The summed E-state index contributed by atoms with van der Waals surface area (Å²) < 4.78 is 0. The van der Waals surface area contributed by atoms with Crippen LogP contribution in [0.2, 0.25) is 0 Å². The summed E-state index contributed by atoms with van der Waals surface area (Å²) in [6, 6.07) is 1.86. The van der Waals surface area contributed by atoms with Crippen LogP contribution in [-0.4, -0.2) is 38.9 Å². The second-order valence-corrected chi connectivity index (χ2v) is 6.41. The van der Waals surface area contributed by atoms with E-state index in [2.05, 4.69) is 33.1 Å². The smallest absolute Gasteiger partial charge is 0.255 e. The number of aryl methyl sites for hydroxylation is 2. The Hall–Kier alpha value is -0.970. The topological polar surface area (TPSA) is 46.1 Å². The molecule has 2 unspecified atom stereocenters. The summed E-state index contributed by atoms with van der Waals surface area (Å²) >= 11 is 3.66. The van der Waals surface area contributed by atoms with Crippen molar-refractivity contribution in [1.29, 1.82) is 0 Å². The van der Waals surface area contributed by atoms with Crippen molar-refractivity contribution in [1.82, 2.24) is 15.1 Å². The first kappa shape index (κ1) is 14.4. The predicted octanol–water partition coefficient (Wildman–Crippen LogP) is 2.59. The minimum Gasteiger partial charge on any atom is -0.337 e. The zero-order valence-corrected chi connectivity index (χ0v) is 13.3. The molecule has 1 aromatic rings. The Morgan fingerprint density at radius 3 is 2.89 bits per heavy atom. The number of amides is 1. The second kappa shape index (κ2) is 5.99. The number of carbonyl (C=O) groups is 1. The molecule has 0 radical (unpaired) electrons. The molecule has 2 atom stereocenters. The average molecular weight is 326 g/mol. The van der Waals surface area contributed by atoms with Gasteiger partial charge in [-0.25, -0.2) is 0 Å². The largest absolute Gasteiger partial charge is 0.337 e. The zero-order valence-electron chi connectivity index (χ0n) is 11.7. The summed E-state index contributed by atoms with van der Waals surface area (Å²) in [6.45, 7) is 7.69. The molecule has 2 rings (SSSR count). The molecule has 0 spiro atoms. The Kier molecular flexibility index (Phi) is 4.55. The van der Waals surface area contributed by atoms with Crippen molar-refractivity contribution in [2.75, 3.05) is 13.1 Å². The summed E-state index contributed by atoms with van der Waals surface area (Å²) in [7, 11) is 0. The lowest BCUT2D eigenvalue weighted by molar-refractivity contribution is 0.0704. The normalized spacial score (nSPS) is 23.5. The molecule has 0 aliphatic carbocycles. The Balaban J connectivity index is 2.22. The maximum Gasteiger partial charge on any atom is 0.255 e. The maximum absolute atomic E-state index is 12.6. The highest BCUT2D eigenvalue weighted by atomic mass is 79.9. The van der Waals surface area contributed by atoms with Crippen LogP contribution in [0.5, 0.6) is 0 Å². The number of rotatable bonds is 2. The quantitative estimate of drug-likeness (QED) is 0.785. The van der Waals surface area contributed by atoms with Crippen molar-refractivity contribution < 1.29 is 4.79 Å². The first-order chi connectivity index (χ1) is 9.02. The third-order valence-corrected chi connectivity index (χ3v) is 4.90. The monoisotopic (exact) mass is 325 g/mol. The second-order valence-electron chi connectivity index (χ2n) is 5.23. The Bertz CT molecular complexity index is 478. The molecule has 1 aliphatic rings. The molecule has 4 nitrogen and oxygen atoms in total. The first-order valence-corrected chi connectivity index (χ1v) is 7.71. The minimum absolute atomic E-state index is 0.0891.